The zero-order chi connectivity index (χ0) is 39.7. The molecule has 11 nitrogen and oxygen atoms in total. The number of carboxylic acids is 2. The lowest BCUT2D eigenvalue weighted by Crippen LogP contribution is -2.45. The number of carbonyl (C=O) groups excluding carboxylic acids is 2. The van der Waals surface area contributed by atoms with Crippen molar-refractivity contribution in [1.29, 1.82) is 5.26 Å². The molecule has 0 radical (unpaired) electrons. The number of aliphatic carboxylic acids is 2. The Hall–Kier alpha value is -4.67. The van der Waals surface area contributed by atoms with Crippen LogP contribution in [-0.4, -0.2) is 77.7 Å². The molecule has 3 aliphatic heterocycles. The van der Waals surface area contributed by atoms with Crippen LogP contribution in [0.5, 0.6) is 5.75 Å². The first-order valence-electron chi connectivity index (χ1n) is 19.0. The zero-order valence-electron chi connectivity index (χ0n) is 32.2. The normalized spacial score (nSPS) is 19.3. The number of unbranched alkanes of at least 4 members (excludes halogenated alkanes) is 2. The first-order chi connectivity index (χ1) is 26.1. The maximum Gasteiger partial charge on any atom is 0.323 e. The number of rotatable bonds is 14. The van der Waals surface area contributed by atoms with Gasteiger partial charge in [-0.05, 0) is 97.4 Å². The Bertz CT molecular complexity index is 2040. The van der Waals surface area contributed by atoms with E-state index >= 15 is 0 Å². The van der Waals surface area contributed by atoms with Crippen molar-refractivity contribution in [1.82, 2.24) is 10.2 Å². The quantitative estimate of drug-likeness (QED) is 0.0864. The SMILES string of the molecule is CC1Oc2c(cc3c4c2C(C)(C)CCN4CCC3(C)C)CC1c1ccc(-c2ccc(/C=C(\C#N)C(=O)NCCCCCC(=O)N(CC(=O)O)CC(=O)O)s2)s1. The number of nitrogens with one attached hydrogen (secondary N) is 1. The Morgan fingerprint density at radius 1 is 0.982 bits per heavy atom. The Kier molecular flexibility index (Phi) is 11.8. The van der Waals surface area contributed by atoms with E-state index < -0.39 is 36.8 Å². The summed E-state index contributed by atoms with van der Waals surface area (Å²) >= 11 is 3.30. The first-order valence-corrected chi connectivity index (χ1v) is 20.6. The highest BCUT2D eigenvalue weighted by Gasteiger charge is 2.45. The molecule has 2 unspecified atom stereocenters. The summed E-state index contributed by atoms with van der Waals surface area (Å²) in [5, 5.41) is 30.4. The molecule has 3 N–H and O–H groups in total. The number of nitrogens with zero attached hydrogens (tertiary/aromatic N) is 3. The second kappa shape index (κ2) is 16.2. The predicted molar refractivity (Wildman–Crippen MR) is 215 cm³/mol. The van der Waals surface area contributed by atoms with Crippen molar-refractivity contribution < 1.29 is 34.1 Å². The molecular formula is C42H50N4O7S2. The van der Waals surface area contributed by atoms with Gasteiger partial charge in [0.25, 0.3) is 5.91 Å². The van der Waals surface area contributed by atoms with E-state index in [2.05, 4.69) is 63.0 Å². The third-order valence-corrected chi connectivity index (χ3v) is 13.7. The van der Waals surface area contributed by atoms with Crippen LogP contribution in [-0.2, 0) is 36.4 Å². The van der Waals surface area contributed by atoms with E-state index in [4.69, 9.17) is 14.9 Å². The van der Waals surface area contributed by atoms with Gasteiger partial charge in [0.15, 0.2) is 0 Å². The number of benzene rings is 1. The standard InChI is InChI=1S/C42H50N4O7S2/c1-25-29(20-26-21-30-38-37(39(26)53-25)42(4,5)15-18-45(38)17-14-41(30,2)3)31-12-13-33(55-31)32-11-10-28(54-32)19-27(22-43)40(52)44-16-8-6-7-9-34(47)46(23-35(48)49)24-36(50)51/h10-13,19,21,25,29H,6-9,14-18,20,23-24H2,1-5H3,(H,44,52)(H,48,49)(H,50,51)/b27-19+. The van der Waals surface area contributed by atoms with Gasteiger partial charge in [-0.25, -0.2) is 0 Å². The lowest BCUT2D eigenvalue weighted by Gasteiger charge is -2.50. The van der Waals surface area contributed by atoms with Gasteiger partial charge >= 0.3 is 11.9 Å². The third kappa shape index (κ3) is 8.76. The number of carboxylic acid groups (broad SMARTS) is 2. The number of nitriles is 1. The summed E-state index contributed by atoms with van der Waals surface area (Å²) in [4.78, 5) is 54.7. The van der Waals surface area contributed by atoms with Crippen LogP contribution in [0.3, 0.4) is 0 Å². The fourth-order valence-corrected chi connectivity index (χ4v) is 10.3. The summed E-state index contributed by atoms with van der Waals surface area (Å²) in [5.41, 5.74) is 5.74. The van der Waals surface area contributed by atoms with Crippen LogP contribution in [0.4, 0.5) is 5.69 Å². The van der Waals surface area contributed by atoms with Crippen molar-refractivity contribution in [3.63, 3.8) is 0 Å². The number of anilines is 1. The minimum Gasteiger partial charge on any atom is -0.489 e. The molecule has 0 fully saturated rings. The van der Waals surface area contributed by atoms with Crippen LogP contribution in [0, 0.1) is 11.3 Å². The molecular weight excluding hydrogens is 737 g/mol. The fraction of sp³-hybridized carbons (Fsp3) is 0.500. The summed E-state index contributed by atoms with van der Waals surface area (Å²) < 4.78 is 6.91. The van der Waals surface area contributed by atoms with Crippen molar-refractivity contribution in [2.75, 3.05) is 37.6 Å². The van der Waals surface area contributed by atoms with E-state index in [0.29, 0.717) is 25.8 Å². The second-order valence-corrected chi connectivity index (χ2v) is 18.4. The molecule has 292 valence electrons. The summed E-state index contributed by atoms with van der Waals surface area (Å²) in [7, 11) is 0. The molecule has 3 aromatic rings. The molecule has 2 amide bonds. The fourth-order valence-electron chi connectivity index (χ4n) is 8.03. The van der Waals surface area contributed by atoms with E-state index in [0.717, 1.165) is 57.6 Å². The summed E-state index contributed by atoms with van der Waals surface area (Å²) in [6, 6.07) is 12.8. The molecule has 5 heterocycles. The molecule has 0 saturated heterocycles. The number of amides is 2. The number of hydrogen-bond acceptors (Lipinski definition) is 9. The van der Waals surface area contributed by atoms with Crippen molar-refractivity contribution in [2.45, 2.75) is 102 Å². The molecule has 13 heteroatoms. The van der Waals surface area contributed by atoms with Crippen LogP contribution < -0.4 is 15.0 Å². The molecule has 2 aromatic heterocycles. The average Bonchev–Trinajstić information content (AvgIpc) is 3.80. The molecule has 0 aliphatic carbocycles. The van der Waals surface area contributed by atoms with Crippen LogP contribution in [0.25, 0.3) is 15.8 Å². The second-order valence-electron chi connectivity index (χ2n) is 16.2. The predicted octanol–water partition coefficient (Wildman–Crippen LogP) is 7.33. The third-order valence-electron chi connectivity index (χ3n) is 11.2. The summed E-state index contributed by atoms with van der Waals surface area (Å²) in [6.45, 7) is 12.8. The molecule has 3 aliphatic rings. The van der Waals surface area contributed by atoms with E-state index in [1.165, 1.54) is 38.6 Å². The van der Waals surface area contributed by atoms with Gasteiger partial charge < -0.3 is 30.1 Å². The molecule has 1 aromatic carbocycles. The van der Waals surface area contributed by atoms with Gasteiger partial charge in [-0.3, -0.25) is 19.2 Å². The molecule has 0 saturated carbocycles. The lowest BCUT2D eigenvalue weighted by atomic mass is 9.68. The van der Waals surface area contributed by atoms with Gasteiger partial charge in [0, 0.05) is 62.7 Å². The molecule has 0 spiro atoms. The smallest absolute Gasteiger partial charge is 0.323 e. The Balaban J connectivity index is 1.07. The number of hydrogen-bond donors (Lipinski definition) is 3. The van der Waals surface area contributed by atoms with Crippen LogP contribution in [0.1, 0.15) is 106 Å². The number of fused-ring (bicyclic) bond motifs is 2. The maximum absolute atomic E-state index is 12.8. The van der Waals surface area contributed by atoms with Gasteiger partial charge in [0.2, 0.25) is 5.91 Å². The van der Waals surface area contributed by atoms with E-state index in [1.54, 1.807) is 17.4 Å². The largest absolute Gasteiger partial charge is 0.489 e. The molecule has 6 rings (SSSR count). The average molecular weight is 787 g/mol. The summed E-state index contributed by atoms with van der Waals surface area (Å²) in [5.74, 6) is -2.27. The number of thiophene rings is 2. The van der Waals surface area contributed by atoms with Crippen molar-refractivity contribution >= 4 is 58.2 Å². The molecule has 55 heavy (non-hydrogen) atoms. The minimum atomic E-state index is -1.28. The van der Waals surface area contributed by atoms with Crippen molar-refractivity contribution in [3.05, 3.63) is 62.3 Å². The van der Waals surface area contributed by atoms with E-state index in [-0.39, 0.29) is 34.8 Å². The zero-order valence-corrected chi connectivity index (χ0v) is 33.8. The topological polar surface area (TPSA) is 160 Å². The monoisotopic (exact) mass is 786 g/mol. The highest BCUT2D eigenvalue weighted by Crippen LogP contribution is 2.56. The van der Waals surface area contributed by atoms with Gasteiger partial charge in [0.05, 0.1) is 0 Å². The Labute approximate surface area is 330 Å². The van der Waals surface area contributed by atoms with Gasteiger partial charge in [-0.15, -0.1) is 22.7 Å². The van der Waals surface area contributed by atoms with Crippen LogP contribution >= 0.6 is 22.7 Å². The van der Waals surface area contributed by atoms with Crippen LogP contribution in [0.15, 0.2) is 35.9 Å². The van der Waals surface area contributed by atoms with Gasteiger partial charge in [-0.2, -0.15) is 5.26 Å². The van der Waals surface area contributed by atoms with E-state index in [1.807, 2.05) is 18.2 Å². The Morgan fingerprint density at radius 3 is 2.35 bits per heavy atom. The maximum atomic E-state index is 12.8. The highest BCUT2D eigenvalue weighted by atomic mass is 32.1. The number of ether oxygens (including phenoxy) is 1. The lowest BCUT2D eigenvalue weighted by molar-refractivity contribution is -0.149. The van der Waals surface area contributed by atoms with E-state index in [9.17, 15) is 24.4 Å². The van der Waals surface area contributed by atoms with Crippen LogP contribution in [0.2, 0.25) is 0 Å². The van der Waals surface area contributed by atoms with Gasteiger partial charge in [-0.1, -0.05) is 34.1 Å². The highest BCUT2D eigenvalue weighted by molar-refractivity contribution is 7.22. The minimum absolute atomic E-state index is 0.00373. The molecule has 2 atom stereocenters. The first kappa shape index (κ1) is 40.0. The Morgan fingerprint density at radius 2 is 1.65 bits per heavy atom. The summed E-state index contributed by atoms with van der Waals surface area (Å²) in [6.07, 6.45) is 6.32. The van der Waals surface area contributed by atoms with Gasteiger partial charge in [0.1, 0.15) is 36.6 Å². The van der Waals surface area contributed by atoms with Crippen molar-refractivity contribution in [2.24, 2.45) is 0 Å². The van der Waals surface area contributed by atoms with Crippen molar-refractivity contribution in [3.8, 4) is 21.6 Å². The number of carbonyl (C=O) groups is 4. The molecule has 0 bridgehead atoms.